The topological polar surface area (TPSA) is 95.5 Å². The zero-order valence-electron chi connectivity index (χ0n) is 14.9. The van der Waals surface area contributed by atoms with Crippen LogP contribution in [0.1, 0.15) is 0 Å². The van der Waals surface area contributed by atoms with Crippen LogP contribution in [0.2, 0.25) is 5.82 Å². The van der Waals surface area contributed by atoms with Crippen LogP contribution in [0.5, 0.6) is 23.0 Å². The molecule has 0 saturated heterocycles. The van der Waals surface area contributed by atoms with Crippen LogP contribution in [-0.4, -0.2) is 46.1 Å². The first-order valence-corrected chi connectivity index (χ1v) is 10.2. The van der Waals surface area contributed by atoms with E-state index in [9.17, 15) is 9.59 Å². The van der Waals surface area contributed by atoms with E-state index in [0.717, 1.165) is 0 Å². The number of ether oxygens (including phenoxy) is 4. The molecule has 0 fully saturated rings. The molecule has 0 aliphatic heterocycles. The first-order valence-electron chi connectivity index (χ1n) is 7.65. The van der Waals surface area contributed by atoms with Gasteiger partial charge in [0, 0.05) is 0 Å². The Morgan fingerprint density at radius 2 is 1.26 bits per heavy atom. The third-order valence-electron chi connectivity index (χ3n) is 3.13. The van der Waals surface area contributed by atoms with E-state index in [1.807, 2.05) is 0 Å². The van der Waals surface area contributed by atoms with Crippen LogP contribution in [0, 0.1) is 0 Å². The molecule has 2 aromatic carbocycles. The van der Waals surface area contributed by atoms with Gasteiger partial charge >= 0.3 is 162 Å². The number of amides is 2. The molecule has 0 bridgehead atoms. The van der Waals surface area contributed by atoms with Crippen LogP contribution in [0.15, 0.2) is 53.5 Å². The van der Waals surface area contributed by atoms with E-state index in [2.05, 4.69) is 10.3 Å². The number of hydrogen-bond acceptors (Lipinski definition) is 6. The molecule has 1 N–H and O–H groups in total. The molecule has 0 spiro atoms. The van der Waals surface area contributed by atoms with Crippen molar-refractivity contribution in [1.29, 1.82) is 0 Å². The first kappa shape index (κ1) is 20.3. The third-order valence-corrected chi connectivity index (χ3v) is 4.35. The van der Waals surface area contributed by atoms with E-state index in [1.165, 1.54) is 7.11 Å². The third kappa shape index (κ3) is 6.65. The molecule has 142 valence electrons. The molecule has 9 heteroatoms. The minimum atomic E-state index is -0.844. The van der Waals surface area contributed by atoms with Gasteiger partial charge in [-0.05, 0) is 0 Å². The van der Waals surface area contributed by atoms with Gasteiger partial charge in [0.2, 0.25) is 0 Å². The van der Waals surface area contributed by atoms with Crippen molar-refractivity contribution in [3.05, 3.63) is 48.5 Å². The molecule has 2 rings (SSSR count). The normalized spacial score (nSPS) is 10.7. The zero-order chi connectivity index (χ0) is 19.6. The Hall–Kier alpha value is -3.03. The van der Waals surface area contributed by atoms with Crippen molar-refractivity contribution in [2.24, 2.45) is 4.99 Å². The summed E-state index contributed by atoms with van der Waals surface area (Å²) in [7, 11) is 3.08. The van der Waals surface area contributed by atoms with Gasteiger partial charge in [-0.2, -0.15) is 0 Å². The number of rotatable bonds is 5. The van der Waals surface area contributed by atoms with Gasteiger partial charge < -0.3 is 0 Å². The number of benzene rings is 2. The second-order valence-electron chi connectivity index (χ2n) is 4.85. The summed E-state index contributed by atoms with van der Waals surface area (Å²) < 4.78 is 20.5. The van der Waals surface area contributed by atoms with Crippen molar-refractivity contribution < 1.29 is 28.5 Å². The summed E-state index contributed by atoms with van der Waals surface area (Å²) in [5.74, 6) is 3.72. The summed E-state index contributed by atoms with van der Waals surface area (Å²) in [5, 5.41) is 2.44. The van der Waals surface area contributed by atoms with E-state index in [-0.39, 0.29) is 19.7 Å². The average Bonchev–Trinajstić information content (AvgIpc) is 2.68. The summed E-state index contributed by atoms with van der Waals surface area (Å²) in [6.45, 7) is 0. The second kappa shape index (κ2) is 10.2. The number of methoxy groups -OCH3 is 2. The molecule has 0 aliphatic rings. The van der Waals surface area contributed by atoms with Gasteiger partial charge in [0.15, 0.2) is 0 Å². The molecule has 0 saturated carbocycles. The summed E-state index contributed by atoms with van der Waals surface area (Å²) in [5.41, 5.74) is 0. The number of carbonyl (C=O) groups is 2. The van der Waals surface area contributed by atoms with E-state index >= 15 is 0 Å². The molecule has 0 unspecified atom stereocenters. The van der Waals surface area contributed by atoms with Crippen LogP contribution >= 0.6 is 0 Å². The summed E-state index contributed by atoms with van der Waals surface area (Å²) in [4.78, 5) is 27.6. The number of carbonyl (C=O) groups excluding carboxylic acids is 2. The van der Waals surface area contributed by atoms with Crippen LogP contribution in [0.3, 0.4) is 0 Å². The molecule has 2 amide bonds. The number of aliphatic imine (C=N–C) groups is 1. The van der Waals surface area contributed by atoms with Crippen molar-refractivity contribution in [2.75, 3.05) is 14.2 Å². The van der Waals surface area contributed by atoms with Gasteiger partial charge in [-0.25, -0.2) is 0 Å². The monoisotopic (exact) mass is 438 g/mol. The van der Waals surface area contributed by atoms with Crippen molar-refractivity contribution in [3.8, 4) is 23.0 Å². The molecule has 2 aromatic rings. The first-order chi connectivity index (χ1) is 13.0. The molecule has 0 aliphatic carbocycles. The van der Waals surface area contributed by atoms with Gasteiger partial charge in [-0.1, -0.05) is 0 Å². The molecule has 0 atom stereocenters. The predicted molar refractivity (Wildman–Crippen MR) is 100 cm³/mol. The van der Waals surface area contributed by atoms with Crippen molar-refractivity contribution in [2.45, 2.75) is 5.82 Å². The fourth-order valence-electron chi connectivity index (χ4n) is 1.84. The van der Waals surface area contributed by atoms with Crippen molar-refractivity contribution in [3.63, 3.8) is 0 Å². The zero-order valence-corrected chi connectivity index (χ0v) is 16.6. The summed E-state index contributed by atoms with van der Waals surface area (Å²) in [6.07, 6.45) is -1.59. The molecular formula is C18H18N2O6Se. The Morgan fingerprint density at radius 1 is 0.815 bits per heavy atom. The Kier molecular flexibility index (Phi) is 7.66. The van der Waals surface area contributed by atoms with Crippen LogP contribution in [0.25, 0.3) is 0 Å². The quantitative estimate of drug-likeness (QED) is 0.439. The molecule has 0 heterocycles. The standard InChI is InChI=1S/C18H18N2O6Se/c1-23-12-4-8-14(9-5-12)25-17(21)19-16(27-3)20-18(22)26-15-10-6-13(24-2)7-11-15/h4-11H,1-3H3,(H,19,20,21,22). The van der Waals surface area contributed by atoms with E-state index in [1.54, 1.807) is 61.5 Å². The minimum absolute atomic E-state index is 0.180. The average molecular weight is 437 g/mol. The van der Waals surface area contributed by atoms with E-state index in [4.69, 9.17) is 18.9 Å². The number of nitrogens with zero attached hydrogens (tertiary/aromatic N) is 1. The molecule has 27 heavy (non-hydrogen) atoms. The molecule has 0 radical (unpaired) electrons. The fraction of sp³-hybridized carbons (Fsp3) is 0.167. The van der Waals surface area contributed by atoms with Crippen LogP contribution in [-0.2, 0) is 0 Å². The van der Waals surface area contributed by atoms with Gasteiger partial charge in [0.1, 0.15) is 0 Å². The van der Waals surface area contributed by atoms with Crippen LogP contribution in [0.4, 0.5) is 9.59 Å². The fourth-order valence-corrected chi connectivity index (χ4v) is 2.58. The number of amidine groups is 1. The SMILES string of the molecule is COc1ccc(OC(=O)/N=C(/NC(=O)Oc2ccc(OC)cc2)[Se]C)cc1. The van der Waals surface area contributed by atoms with Gasteiger partial charge in [-0.15, -0.1) is 0 Å². The van der Waals surface area contributed by atoms with Gasteiger partial charge in [0.25, 0.3) is 0 Å². The second-order valence-corrected chi connectivity index (χ2v) is 6.52. The Bertz CT molecular complexity index is 806. The Morgan fingerprint density at radius 3 is 1.70 bits per heavy atom. The van der Waals surface area contributed by atoms with Crippen molar-refractivity contribution in [1.82, 2.24) is 5.32 Å². The summed E-state index contributed by atoms with van der Waals surface area (Å²) >= 11 is -0.266. The van der Waals surface area contributed by atoms with Gasteiger partial charge in [-0.3, -0.25) is 0 Å². The molecular weight excluding hydrogens is 419 g/mol. The van der Waals surface area contributed by atoms with Crippen LogP contribution < -0.4 is 24.3 Å². The maximum absolute atomic E-state index is 11.9. The molecule has 0 aromatic heterocycles. The molecule has 8 nitrogen and oxygen atoms in total. The Balaban J connectivity index is 1.92. The number of nitrogens with one attached hydrogen (secondary N) is 1. The predicted octanol–water partition coefficient (Wildman–Crippen LogP) is 3.10. The van der Waals surface area contributed by atoms with E-state index < -0.39 is 12.2 Å². The van der Waals surface area contributed by atoms with Gasteiger partial charge in [0.05, 0.1) is 0 Å². The summed E-state index contributed by atoms with van der Waals surface area (Å²) in [6, 6.07) is 13.0. The maximum atomic E-state index is 11.9. The van der Waals surface area contributed by atoms with E-state index in [0.29, 0.717) is 23.0 Å². The van der Waals surface area contributed by atoms with Crippen molar-refractivity contribution >= 4 is 31.9 Å². The number of hydrogen-bond donors (Lipinski definition) is 1. The Labute approximate surface area is 162 Å².